The fourth-order valence-corrected chi connectivity index (χ4v) is 1.18. The largest absolute Gasteiger partial charge is 0.368 e. The molecule has 0 aliphatic carbocycles. The van der Waals surface area contributed by atoms with Gasteiger partial charge in [-0.3, -0.25) is 14.2 Å². The Bertz CT molecular complexity index is 403. The van der Waals surface area contributed by atoms with Crippen molar-refractivity contribution in [3.05, 3.63) is 26.3 Å². The molecule has 13 heavy (non-hydrogen) atoms. The van der Waals surface area contributed by atoms with Crippen molar-refractivity contribution in [3.8, 4) is 0 Å². The van der Waals surface area contributed by atoms with Crippen molar-refractivity contribution >= 4 is 33.4 Å². The van der Waals surface area contributed by atoms with E-state index in [0.29, 0.717) is 0 Å². The van der Waals surface area contributed by atoms with Gasteiger partial charge in [0.15, 0.2) is 5.15 Å². The van der Waals surface area contributed by atoms with Crippen LogP contribution in [0.15, 0.2) is 15.6 Å². The van der Waals surface area contributed by atoms with E-state index in [2.05, 4.69) is 20.9 Å². The van der Waals surface area contributed by atoms with Crippen LogP contribution < -0.4 is 11.3 Å². The smallest absolute Gasteiger partial charge is 0.269 e. The maximum absolute atomic E-state index is 11.3. The normalized spacial score (nSPS) is 10.0. The number of amides is 1. The lowest BCUT2D eigenvalue weighted by molar-refractivity contribution is -0.118. The highest BCUT2D eigenvalue weighted by Gasteiger charge is 2.07. The first-order chi connectivity index (χ1) is 6.02. The monoisotopic (exact) mass is 265 g/mol. The van der Waals surface area contributed by atoms with Crippen molar-refractivity contribution in [2.45, 2.75) is 6.54 Å². The van der Waals surface area contributed by atoms with Crippen LogP contribution in [0, 0.1) is 0 Å². The summed E-state index contributed by atoms with van der Waals surface area (Å²) in [5.74, 6) is -0.613. The van der Waals surface area contributed by atoms with Gasteiger partial charge in [-0.25, -0.2) is 4.98 Å². The Morgan fingerprint density at radius 2 is 2.38 bits per heavy atom. The average molecular weight is 266 g/mol. The molecule has 7 heteroatoms. The molecule has 0 aliphatic rings. The highest BCUT2D eigenvalue weighted by atomic mass is 79.9. The molecule has 0 bridgehead atoms. The molecule has 0 saturated heterocycles. The van der Waals surface area contributed by atoms with Crippen LogP contribution in [0.1, 0.15) is 0 Å². The Balaban J connectivity index is 3.19. The lowest BCUT2D eigenvalue weighted by Gasteiger charge is -2.02. The molecule has 0 atom stereocenters. The fourth-order valence-electron chi connectivity index (χ4n) is 0.724. The zero-order valence-corrected chi connectivity index (χ0v) is 8.67. The third-order valence-corrected chi connectivity index (χ3v) is 2.50. The Hall–Kier alpha value is -0.880. The van der Waals surface area contributed by atoms with Crippen LogP contribution in [0.25, 0.3) is 0 Å². The molecule has 0 radical (unpaired) electrons. The number of hydrogen-bond acceptors (Lipinski definition) is 3. The zero-order chi connectivity index (χ0) is 10.0. The zero-order valence-electron chi connectivity index (χ0n) is 6.33. The van der Waals surface area contributed by atoms with E-state index >= 15 is 0 Å². The number of rotatable bonds is 2. The van der Waals surface area contributed by atoms with Crippen molar-refractivity contribution in [2.75, 3.05) is 0 Å². The van der Waals surface area contributed by atoms with E-state index < -0.39 is 11.5 Å². The molecule has 1 aromatic rings. The summed E-state index contributed by atoms with van der Waals surface area (Å²) in [4.78, 5) is 25.5. The summed E-state index contributed by atoms with van der Waals surface area (Å²) in [5, 5.41) is 0.0609. The second-order valence-corrected chi connectivity index (χ2v) is 3.40. The van der Waals surface area contributed by atoms with Crippen LogP contribution >= 0.6 is 27.5 Å². The second-order valence-electron chi connectivity index (χ2n) is 2.25. The summed E-state index contributed by atoms with van der Waals surface area (Å²) < 4.78 is 1.19. The van der Waals surface area contributed by atoms with E-state index in [1.54, 1.807) is 0 Å². The molecular formula is C6H5BrClN3O2. The molecule has 1 amide bonds. The predicted octanol–water partition coefficient (Wildman–Crippen LogP) is 0.144. The first-order valence-electron chi connectivity index (χ1n) is 3.21. The summed E-state index contributed by atoms with van der Waals surface area (Å²) in [7, 11) is 0. The summed E-state index contributed by atoms with van der Waals surface area (Å²) >= 11 is 8.47. The molecule has 0 unspecified atom stereocenters. The average Bonchev–Trinajstić information content (AvgIpc) is 2.06. The van der Waals surface area contributed by atoms with E-state index in [9.17, 15) is 9.59 Å². The number of nitrogens with zero attached hydrogens (tertiary/aromatic N) is 2. The number of halogens is 2. The summed E-state index contributed by atoms with van der Waals surface area (Å²) in [6.45, 7) is -0.207. The second kappa shape index (κ2) is 3.89. The van der Waals surface area contributed by atoms with Crippen LogP contribution in [0.4, 0.5) is 0 Å². The van der Waals surface area contributed by atoms with E-state index in [1.807, 2.05) is 0 Å². The van der Waals surface area contributed by atoms with E-state index in [-0.39, 0.29) is 16.2 Å². The van der Waals surface area contributed by atoms with Crippen LogP contribution in [-0.4, -0.2) is 15.5 Å². The SMILES string of the molecule is NC(=O)Cn1cnc(Cl)c(Br)c1=O. The molecule has 70 valence electrons. The van der Waals surface area contributed by atoms with Crippen LogP contribution in [0.3, 0.4) is 0 Å². The van der Waals surface area contributed by atoms with Gasteiger partial charge in [0.05, 0.1) is 6.33 Å². The Kier molecular flexibility index (Phi) is 3.05. The minimum Gasteiger partial charge on any atom is -0.368 e. The highest BCUT2D eigenvalue weighted by molar-refractivity contribution is 9.10. The number of nitrogens with two attached hydrogens (primary N) is 1. The molecule has 1 heterocycles. The van der Waals surface area contributed by atoms with Gasteiger partial charge in [0.2, 0.25) is 5.91 Å². The molecular weight excluding hydrogens is 261 g/mol. The molecule has 0 aliphatic heterocycles. The van der Waals surface area contributed by atoms with Gasteiger partial charge in [0.25, 0.3) is 5.56 Å². The first kappa shape index (κ1) is 10.2. The third-order valence-electron chi connectivity index (χ3n) is 1.27. The van der Waals surface area contributed by atoms with E-state index in [0.717, 1.165) is 4.57 Å². The van der Waals surface area contributed by atoms with Gasteiger partial charge >= 0.3 is 0 Å². The molecule has 0 aromatic carbocycles. The maximum Gasteiger partial charge on any atom is 0.269 e. The van der Waals surface area contributed by atoms with Gasteiger partial charge in [-0.15, -0.1) is 0 Å². The summed E-state index contributed by atoms with van der Waals surface area (Å²) in [6, 6.07) is 0. The molecule has 0 saturated carbocycles. The molecule has 2 N–H and O–H groups in total. The fraction of sp³-hybridized carbons (Fsp3) is 0.167. The molecule has 0 spiro atoms. The van der Waals surface area contributed by atoms with Gasteiger partial charge in [0, 0.05) is 0 Å². The molecule has 1 aromatic heterocycles. The number of carbonyl (C=O) groups excluding carboxylic acids is 1. The Labute approximate surface area is 86.6 Å². The lowest BCUT2D eigenvalue weighted by Crippen LogP contribution is -2.28. The third kappa shape index (κ3) is 2.28. The molecule has 5 nitrogen and oxygen atoms in total. The van der Waals surface area contributed by atoms with Crippen molar-refractivity contribution in [2.24, 2.45) is 5.73 Å². The van der Waals surface area contributed by atoms with Crippen molar-refractivity contribution in [1.29, 1.82) is 0 Å². The van der Waals surface area contributed by atoms with Gasteiger partial charge in [-0.05, 0) is 15.9 Å². The quantitative estimate of drug-likeness (QED) is 0.774. The minimum absolute atomic E-state index is 0.0609. The van der Waals surface area contributed by atoms with Crippen LogP contribution in [0.5, 0.6) is 0 Å². The highest BCUT2D eigenvalue weighted by Crippen LogP contribution is 2.13. The predicted molar refractivity (Wildman–Crippen MR) is 50.4 cm³/mol. The number of primary amides is 1. The van der Waals surface area contributed by atoms with Gasteiger partial charge in [-0.2, -0.15) is 0 Å². The number of aromatic nitrogens is 2. The van der Waals surface area contributed by atoms with Gasteiger partial charge in [0.1, 0.15) is 11.0 Å². The first-order valence-corrected chi connectivity index (χ1v) is 4.38. The minimum atomic E-state index is -0.613. The topological polar surface area (TPSA) is 78.0 Å². The van der Waals surface area contributed by atoms with Crippen molar-refractivity contribution in [1.82, 2.24) is 9.55 Å². The van der Waals surface area contributed by atoms with E-state index in [4.69, 9.17) is 17.3 Å². The van der Waals surface area contributed by atoms with Crippen LogP contribution in [0.2, 0.25) is 5.15 Å². The summed E-state index contributed by atoms with van der Waals surface area (Å²) in [5.41, 5.74) is 4.48. The van der Waals surface area contributed by atoms with Crippen molar-refractivity contribution in [3.63, 3.8) is 0 Å². The van der Waals surface area contributed by atoms with Gasteiger partial charge < -0.3 is 5.73 Å². The van der Waals surface area contributed by atoms with Crippen molar-refractivity contribution < 1.29 is 4.79 Å². The summed E-state index contributed by atoms with van der Waals surface area (Å²) in [6.07, 6.45) is 1.17. The molecule has 1 rings (SSSR count). The van der Waals surface area contributed by atoms with Gasteiger partial charge in [-0.1, -0.05) is 11.6 Å². The number of carbonyl (C=O) groups is 1. The van der Waals surface area contributed by atoms with E-state index in [1.165, 1.54) is 6.33 Å². The Morgan fingerprint density at radius 3 is 2.92 bits per heavy atom. The molecule has 0 fully saturated rings. The maximum atomic E-state index is 11.3. The standard InChI is InChI=1S/C6H5BrClN3O2/c7-4-5(8)10-2-11(6(4)13)1-3(9)12/h2H,1H2,(H2,9,12). The Morgan fingerprint density at radius 1 is 1.77 bits per heavy atom. The lowest BCUT2D eigenvalue weighted by atomic mass is 10.5. The van der Waals surface area contributed by atoms with Crippen LogP contribution in [-0.2, 0) is 11.3 Å². The number of hydrogen-bond donors (Lipinski definition) is 1.